The molecule has 29 heavy (non-hydrogen) atoms. The van der Waals surface area contributed by atoms with E-state index in [0.717, 1.165) is 70.8 Å². The van der Waals surface area contributed by atoms with E-state index in [-0.39, 0.29) is 23.3 Å². The molecular weight excluding hydrogens is 368 g/mol. The maximum atomic E-state index is 13.1. The van der Waals surface area contributed by atoms with Gasteiger partial charge in [-0.2, -0.15) is 0 Å². The summed E-state index contributed by atoms with van der Waals surface area (Å²) in [5.41, 5.74) is 1.36. The summed E-state index contributed by atoms with van der Waals surface area (Å²) in [6.07, 6.45) is 5.99. The number of likely N-dealkylation sites (N-methyl/N-ethyl adjacent to an activating group) is 2. The van der Waals surface area contributed by atoms with Gasteiger partial charge in [-0.05, 0) is 45.7 Å². The molecule has 1 atom stereocenters. The lowest BCUT2D eigenvalue weighted by molar-refractivity contribution is -0.137. The van der Waals surface area contributed by atoms with E-state index in [1.807, 2.05) is 16.7 Å². The summed E-state index contributed by atoms with van der Waals surface area (Å²) in [5.74, 6) is 0.245. The van der Waals surface area contributed by atoms with E-state index in [9.17, 15) is 9.59 Å². The highest BCUT2D eigenvalue weighted by Crippen LogP contribution is 2.43. The average Bonchev–Trinajstić information content (AvgIpc) is 3.04. The van der Waals surface area contributed by atoms with Gasteiger partial charge in [0.15, 0.2) is 0 Å². The second-order valence-corrected chi connectivity index (χ2v) is 9.10. The van der Waals surface area contributed by atoms with Crippen molar-refractivity contribution >= 4 is 11.8 Å². The van der Waals surface area contributed by atoms with Crippen molar-refractivity contribution in [1.29, 1.82) is 0 Å². The molecule has 2 amide bonds. The van der Waals surface area contributed by atoms with E-state index >= 15 is 0 Å². The van der Waals surface area contributed by atoms with Crippen molar-refractivity contribution in [2.45, 2.75) is 32.2 Å². The topological polar surface area (TPSA) is 72.9 Å². The maximum Gasteiger partial charge on any atom is 0.274 e. The minimum atomic E-state index is -0.0382. The number of carbonyl (C=O) groups excluding carboxylic acids is 2. The summed E-state index contributed by atoms with van der Waals surface area (Å²) in [5, 5.41) is 0. The lowest BCUT2D eigenvalue weighted by atomic mass is 9.76. The number of carbonyl (C=O) groups is 2. The first-order valence-electron chi connectivity index (χ1n) is 10.6. The van der Waals surface area contributed by atoms with Crippen LogP contribution in [0, 0.1) is 12.3 Å². The Bertz CT molecular complexity index is 751. The average molecular weight is 401 g/mol. The molecule has 158 valence electrons. The fourth-order valence-corrected chi connectivity index (χ4v) is 4.99. The second-order valence-electron chi connectivity index (χ2n) is 9.10. The predicted molar refractivity (Wildman–Crippen MR) is 109 cm³/mol. The van der Waals surface area contributed by atoms with Crippen molar-refractivity contribution < 1.29 is 9.59 Å². The lowest BCUT2D eigenvalue weighted by Crippen LogP contribution is -2.52. The van der Waals surface area contributed by atoms with Crippen LogP contribution in [-0.2, 0) is 4.79 Å². The number of hydrogen-bond acceptors (Lipinski definition) is 6. The fourth-order valence-electron chi connectivity index (χ4n) is 4.99. The SMILES string of the molecule is Cc1cnc(C(=O)N2CCC3(CC2)CC(C(=O)N2CCN(C)CC2)N(C)C3)cn1. The van der Waals surface area contributed by atoms with Gasteiger partial charge in [-0.3, -0.25) is 19.5 Å². The van der Waals surface area contributed by atoms with Crippen molar-refractivity contribution in [2.75, 3.05) is 59.9 Å². The molecule has 8 nitrogen and oxygen atoms in total. The van der Waals surface area contributed by atoms with Crippen LogP contribution in [0.15, 0.2) is 12.4 Å². The fraction of sp³-hybridized carbons (Fsp3) is 0.714. The molecule has 1 aromatic heterocycles. The van der Waals surface area contributed by atoms with Gasteiger partial charge >= 0.3 is 0 Å². The Balaban J connectivity index is 1.35. The molecule has 4 heterocycles. The van der Waals surface area contributed by atoms with E-state index < -0.39 is 0 Å². The smallest absolute Gasteiger partial charge is 0.274 e. The molecule has 3 aliphatic rings. The number of nitrogens with zero attached hydrogens (tertiary/aromatic N) is 6. The Morgan fingerprint density at radius 3 is 2.28 bits per heavy atom. The first-order valence-corrected chi connectivity index (χ1v) is 10.6. The van der Waals surface area contributed by atoms with Gasteiger partial charge in [0.1, 0.15) is 5.69 Å². The molecule has 0 radical (unpaired) electrons. The van der Waals surface area contributed by atoms with Crippen molar-refractivity contribution in [3.8, 4) is 0 Å². The number of aryl methyl sites for hydroxylation is 1. The number of likely N-dealkylation sites (tertiary alicyclic amines) is 2. The number of amides is 2. The number of hydrogen-bond donors (Lipinski definition) is 0. The number of aromatic nitrogens is 2. The van der Waals surface area contributed by atoms with Crippen LogP contribution in [-0.4, -0.2) is 107 Å². The largest absolute Gasteiger partial charge is 0.339 e. The molecule has 3 fully saturated rings. The van der Waals surface area contributed by atoms with Crippen molar-refractivity contribution in [2.24, 2.45) is 5.41 Å². The molecule has 0 N–H and O–H groups in total. The Morgan fingerprint density at radius 2 is 1.66 bits per heavy atom. The molecule has 3 saturated heterocycles. The molecule has 4 rings (SSSR count). The van der Waals surface area contributed by atoms with Gasteiger partial charge < -0.3 is 14.7 Å². The van der Waals surface area contributed by atoms with Gasteiger partial charge in [0.25, 0.3) is 5.91 Å². The summed E-state index contributed by atoms with van der Waals surface area (Å²) in [4.78, 5) is 42.7. The van der Waals surface area contributed by atoms with Gasteiger partial charge in [-0.15, -0.1) is 0 Å². The molecule has 0 saturated carbocycles. The molecule has 3 aliphatic heterocycles. The van der Waals surface area contributed by atoms with Crippen molar-refractivity contribution in [3.05, 3.63) is 23.8 Å². The molecule has 1 spiro atoms. The first kappa shape index (κ1) is 20.2. The quantitative estimate of drug-likeness (QED) is 0.719. The highest BCUT2D eigenvalue weighted by atomic mass is 16.2. The zero-order valence-electron chi connectivity index (χ0n) is 17.8. The minimum absolute atomic E-state index is 0.0244. The number of piperazine rings is 1. The third-order valence-corrected chi connectivity index (χ3v) is 6.95. The van der Waals surface area contributed by atoms with Gasteiger partial charge in [-0.25, -0.2) is 4.98 Å². The van der Waals surface area contributed by atoms with E-state index in [2.05, 4.69) is 33.9 Å². The van der Waals surface area contributed by atoms with Gasteiger partial charge in [-0.1, -0.05) is 0 Å². The standard InChI is InChI=1S/C21H32N6O2/c1-16-13-23-17(14-22-16)19(28)26-6-4-21(5-7-26)12-18(25(3)15-21)20(29)27-10-8-24(2)9-11-27/h13-14,18H,4-12,15H2,1-3H3. The zero-order chi connectivity index (χ0) is 20.6. The van der Waals surface area contributed by atoms with E-state index in [4.69, 9.17) is 0 Å². The van der Waals surface area contributed by atoms with Crippen LogP contribution in [0.4, 0.5) is 0 Å². The molecule has 1 aromatic rings. The van der Waals surface area contributed by atoms with Crippen LogP contribution >= 0.6 is 0 Å². The third-order valence-electron chi connectivity index (χ3n) is 6.95. The van der Waals surface area contributed by atoms with Gasteiger partial charge in [0.2, 0.25) is 5.91 Å². The predicted octanol–water partition coefficient (Wildman–Crippen LogP) is 0.486. The minimum Gasteiger partial charge on any atom is -0.339 e. The Labute approximate surface area is 172 Å². The van der Waals surface area contributed by atoms with Gasteiger partial charge in [0, 0.05) is 52.0 Å². The van der Waals surface area contributed by atoms with Crippen molar-refractivity contribution in [3.63, 3.8) is 0 Å². The Morgan fingerprint density at radius 1 is 0.966 bits per heavy atom. The van der Waals surface area contributed by atoms with Gasteiger partial charge in [0.05, 0.1) is 17.9 Å². The summed E-state index contributed by atoms with van der Waals surface area (Å²) >= 11 is 0. The van der Waals surface area contributed by atoms with E-state index in [1.54, 1.807) is 12.4 Å². The summed E-state index contributed by atoms with van der Waals surface area (Å²) in [7, 11) is 4.18. The van der Waals surface area contributed by atoms with Crippen LogP contribution in [0.2, 0.25) is 0 Å². The highest BCUT2D eigenvalue weighted by Gasteiger charge is 2.48. The molecule has 0 aromatic carbocycles. The van der Waals surface area contributed by atoms with E-state index in [0.29, 0.717) is 5.69 Å². The van der Waals surface area contributed by atoms with E-state index in [1.165, 1.54) is 0 Å². The second kappa shape index (κ2) is 7.99. The van der Waals surface area contributed by atoms with Crippen molar-refractivity contribution in [1.82, 2.24) is 29.6 Å². The normalized spacial score (nSPS) is 25.6. The maximum absolute atomic E-state index is 13.1. The van der Waals surface area contributed by atoms with Crippen LogP contribution in [0.1, 0.15) is 35.4 Å². The Kier molecular flexibility index (Phi) is 5.57. The molecular formula is C21H32N6O2. The lowest BCUT2D eigenvalue weighted by Gasteiger charge is -2.39. The number of piperidine rings is 1. The third kappa shape index (κ3) is 4.14. The Hall–Kier alpha value is -2.06. The first-order chi connectivity index (χ1) is 13.9. The van der Waals surface area contributed by atoms with Crippen LogP contribution in [0.5, 0.6) is 0 Å². The zero-order valence-corrected chi connectivity index (χ0v) is 17.8. The summed E-state index contributed by atoms with van der Waals surface area (Å²) in [6.45, 7) is 7.79. The monoisotopic (exact) mass is 400 g/mol. The highest BCUT2D eigenvalue weighted by molar-refractivity contribution is 5.92. The molecule has 0 aliphatic carbocycles. The van der Waals surface area contributed by atoms with Crippen LogP contribution in [0.25, 0.3) is 0 Å². The summed E-state index contributed by atoms with van der Waals surface area (Å²) < 4.78 is 0. The number of rotatable bonds is 2. The summed E-state index contributed by atoms with van der Waals surface area (Å²) in [6, 6.07) is -0.0244. The molecule has 0 bridgehead atoms. The van der Waals surface area contributed by atoms with Crippen LogP contribution < -0.4 is 0 Å². The molecule has 8 heteroatoms. The molecule has 1 unspecified atom stereocenters. The van der Waals surface area contributed by atoms with Crippen LogP contribution in [0.3, 0.4) is 0 Å².